The van der Waals surface area contributed by atoms with Gasteiger partial charge < -0.3 is 10.2 Å². The Morgan fingerprint density at radius 3 is 2.21 bits per heavy atom. The molecule has 0 rings (SSSR count). The summed E-state index contributed by atoms with van der Waals surface area (Å²) in [4.78, 5) is 10.3. The van der Waals surface area contributed by atoms with Gasteiger partial charge in [-0.05, 0) is 12.8 Å². The van der Waals surface area contributed by atoms with Crippen LogP contribution in [0.15, 0.2) is 0 Å². The van der Waals surface area contributed by atoms with Gasteiger partial charge in [0.25, 0.3) is 10.1 Å². The summed E-state index contributed by atoms with van der Waals surface area (Å²) in [6.45, 7) is 3.32. The Hall–Kier alpha value is -0.660. The van der Waals surface area contributed by atoms with Crippen LogP contribution in [-0.2, 0) is 14.9 Å². The molecule has 0 aliphatic rings. The number of carbonyl (C=O) groups is 1. The van der Waals surface area contributed by atoms with Crippen molar-refractivity contribution in [3.8, 4) is 0 Å². The number of hydrogen-bond acceptors (Lipinski definition) is 4. The molecule has 0 aromatic heterocycles. The van der Waals surface area contributed by atoms with E-state index in [2.05, 4.69) is 6.92 Å². The molecule has 14 heavy (non-hydrogen) atoms. The fourth-order valence-corrected chi connectivity index (χ4v) is 1.54. The van der Waals surface area contributed by atoms with Gasteiger partial charge in [0.15, 0.2) is 0 Å². The molecule has 0 saturated heterocycles. The summed E-state index contributed by atoms with van der Waals surface area (Å²) in [5, 5.41) is 17.9. The van der Waals surface area contributed by atoms with Gasteiger partial charge in [0.2, 0.25) is 0 Å². The van der Waals surface area contributed by atoms with Crippen molar-refractivity contribution < 1.29 is 28.0 Å². The monoisotopic (exact) mass is 225 g/mol. The molecular weight excluding hydrogens is 212 g/mol. The molecule has 1 radical (unpaired) electrons. The molecule has 0 spiro atoms. The second kappa shape index (κ2) is 4.72. The van der Waals surface area contributed by atoms with Crippen molar-refractivity contribution in [2.75, 3.05) is 5.75 Å². The molecule has 83 valence electrons. The van der Waals surface area contributed by atoms with Gasteiger partial charge in [-0.25, -0.2) is 0 Å². The van der Waals surface area contributed by atoms with E-state index in [1.165, 1.54) is 0 Å². The van der Waals surface area contributed by atoms with E-state index in [4.69, 9.17) is 9.66 Å². The van der Waals surface area contributed by atoms with Crippen LogP contribution in [-0.4, -0.2) is 40.5 Å². The molecule has 0 heterocycles. The van der Waals surface area contributed by atoms with Gasteiger partial charge in [0, 0.05) is 0 Å². The third-order valence-corrected chi connectivity index (χ3v) is 2.49. The zero-order valence-corrected chi connectivity index (χ0v) is 8.33. The first-order valence-corrected chi connectivity index (χ1v) is 5.48. The normalized spacial score (nSPS) is 16.2. The van der Waals surface area contributed by atoms with Crippen LogP contribution < -0.4 is 0 Å². The Morgan fingerprint density at radius 2 is 1.93 bits per heavy atom. The molecule has 0 amide bonds. The first-order chi connectivity index (χ1) is 6.18. The van der Waals surface area contributed by atoms with E-state index >= 15 is 0 Å². The summed E-state index contributed by atoms with van der Waals surface area (Å²) in [5.74, 6) is -1.92. The number of aliphatic hydroxyl groups is 1. The smallest absolute Gasteiger partial charge is 0.306 e. The van der Waals surface area contributed by atoms with Crippen LogP contribution in [0.5, 0.6) is 0 Å². The third kappa shape index (κ3) is 5.90. The van der Waals surface area contributed by atoms with Crippen LogP contribution in [0.4, 0.5) is 0 Å². The van der Waals surface area contributed by atoms with E-state index in [1.54, 1.807) is 0 Å². The SMILES string of the molecule is [CH2]CC(O)(CCS(=O)(=O)O)CC(=O)O. The van der Waals surface area contributed by atoms with Gasteiger partial charge in [0.05, 0.1) is 17.8 Å². The van der Waals surface area contributed by atoms with E-state index in [0.29, 0.717) is 0 Å². The van der Waals surface area contributed by atoms with Gasteiger partial charge >= 0.3 is 5.97 Å². The van der Waals surface area contributed by atoms with Crippen LogP contribution >= 0.6 is 0 Å². The Morgan fingerprint density at radius 1 is 1.43 bits per heavy atom. The lowest BCUT2D eigenvalue weighted by atomic mass is 9.94. The highest BCUT2D eigenvalue weighted by atomic mass is 32.2. The number of aliphatic carboxylic acids is 1. The van der Waals surface area contributed by atoms with Crippen LogP contribution in [0.1, 0.15) is 19.3 Å². The first kappa shape index (κ1) is 13.3. The summed E-state index contributed by atoms with van der Waals surface area (Å²) in [7, 11) is -4.18. The summed E-state index contributed by atoms with van der Waals surface area (Å²) < 4.78 is 29.1. The van der Waals surface area contributed by atoms with Gasteiger partial charge in [-0.2, -0.15) is 8.42 Å². The zero-order valence-electron chi connectivity index (χ0n) is 7.51. The highest BCUT2D eigenvalue weighted by Gasteiger charge is 2.29. The van der Waals surface area contributed by atoms with Crippen LogP contribution in [0, 0.1) is 6.92 Å². The molecule has 0 aliphatic carbocycles. The fraction of sp³-hybridized carbons (Fsp3) is 0.714. The highest BCUT2D eigenvalue weighted by Crippen LogP contribution is 2.20. The lowest BCUT2D eigenvalue weighted by molar-refractivity contribution is -0.142. The highest BCUT2D eigenvalue weighted by molar-refractivity contribution is 7.85. The summed E-state index contributed by atoms with van der Waals surface area (Å²) in [5.41, 5.74) is -1.68. The molecule has 7 heteroatoms. The van der Waals surface area contributed by atoms with E-state index < -0.39 is 33.9 Å². The van der Waals surface area contributed by atoms with Crippen LogP contribution in [0.25, 0.3) is 0 Å². The largest absolute Gasteiger partial charge is 0.481 e. The quantitative estimate of drug-likeness (QED) is 0.535. The Bertz CT molecular complexity index is 295. The van der Waals surface area contributed by atoms with E-state index in [1.807, 2.05) is 0 Å². The standard InChI is InChI=1S/C7H13O6S/c1-2-7(10,5-6(8)9)3-4-14(11,12)13/h10H,1-5H2,(H,8,9)(H,11,12,13). The molecule has 0 bridgehead atoms. The van der Waals surface area contributed by atoms with Crippen molar-refractivity contribution in [3.63, 3.8) is 0 Å². The molecule has 0 aromatic carbocycles. The molecule has 0 aromatic rings. The van der Waals surface area contributed by atoms with Gasteiger partial charge in [-0.3, -0.25) is 9.35 Å². The summed E-state index contributed by atoms with van der Waals surface area (Å²) >= 11 is 0. The Kier molecular flexibility index (Phi) is 4.50. The number of hydrogen-bond donors (Lipinski definition) is 3. The predicted molar refractivity (Wildman–Crippen MR) is 48.2 cm³/mol. The van der Waals surface area contributed by atoms with Crippen molar-refractivity contribution >= 4 is 16.1 Å². The van der Waals surface area contributed by atoms with Gasteiger partial charge in [0.1, 0.15) is 0 Å². The lowest BCUT2D eigenvalue weighted by Gasteiger charge is -2.23. The first-order valence-electron chi connectivity index (χ1n) is 3.87. The zero-order chi connectivity index (χ0) is 11.4. The third-order valence-electron chi connectivity index (χ3n) is 1.77. The number of carboxylic acids is 1. The van der Waals surface area contributed by atoms with Crippen molar-refractivity contribution in [2.45, 2.75) is 24.9 Å². The lowest BCUT2D eigenvalue weighted by Crippen LogP contribution is -2.33. The summed E-state index contributed by atoms with van der Waals surface area (Å²) in [6, 6.07) is 0. The molecule has 1 unspecified atom stereocenters. The van der Waals surface area contributed by atoms with Crippen LogP contribution in [0.3, 0.4) is 0 Å². The van der Waals surface area contributed by atoms with Gasteiger partial charge in [-0.15, -0.1) is 0 Å². The summed E-state index contributed by atoms with van der Waals surface area (Å²) in [6.07, 6.45) is -1.07. The topological polar surface area (TPSA) is 112 Å². The average molecular weight is 225 g/mol. The Labute approximate surface area is 82.3 Å². The molecule has 0 fully saturated rings. The van der Waals surface area contributed by atoms with Crippen LogP contribution in [0.2, 0.25) is 0 Å². The van der Waals surface area contributed by atoms with Crippen molar-refractivity contribution in [2.24, 2.45) is 0 Å². The number of rotatable bonds is 6. The maximum absolute atomic E-state index is 10.4. The molecule has 3 N–H and O–H groups in total. The molecule has 6 nitrogen and oxygen atoms in total. The maximum atomic E-state index is 10.4. The second-order valence-corrected chi connectivity index (χ2v) is 4.65. The predicted octanol–water partition coefficient (Wildman–Crippen LogP) is -0.306. The fourth-order valence-electron chi connectivity index (χ4n) is 0.902. The molecule has 0 saturated carbocycles. The minimum Gasteiger partial charge on any atom is -0.481 e. The van der Waals surface area contributed by atoms with Crippen molar-refractivity contribution in [1.29, 1.82) is 0 Å². The Balaban J connectivity index is 4.33. The average Bonchev–Trinajstić information content (AvgIpc) is 1.99. The van der Waals surface area contributed by atoms with E-state index in [9.17, 15) is 18.3 Å². The minimum absolute atomic E-state index is 0.130. The van der Waals surface area contributed by atoms with E-state index in [-0.39, 0.29) is 12.8 Å². The van der Waals surface area contributed by atoms with Gasteiger partial charge in [-0.1, -0.05) is 6.92 Å². The molecule has 0 aliphatic heterocycles. The van der Waals surface area contributed by atoms with E-state index in [0.717, 1.165) is 0 Å². The minimum atomic E-state index is -4.18. The second-order valence-electron chi connectivity index (χ2n) is 3.08. The maximum Gasteiger partial charge on any atom is 0.306 e. The molecular formula is C7H13O6S. The molecule has 1 atom stereocenters. The van der Waals surface area contributed by atoms with Crippen molar-refractivity contribution in [1.82, 2.24) is 0 Å². The number of carboxylic acid groups (broad SMARTS) is 1. The van der Waals surface area contributed by atoms with Crippen molar-refractivity contribution in [3.05, 3.63) is 6.92 Å².